The minimum Gasteiger partial charge on any atom is -0.501 e. The number of nitriles is 1. The number of aromatic amines is 1. The molecule has 0 unspecified atom stereocenters. The molecule has 112 valence electrons. The zero-order chi connectivity index (χ0) is 15.9. The van der Waals surface area contributed by atoms with Crippen LogP contribution in [0.15, 0.2) is 41.5 Å². The van der Waals surface area contributed by atoms with E-state index in [4.69, 9.17) is 26.3 Å². The van der Waals surface area contributed by atoms with Gasteiger partial charge in [-0.15, -0.1) is 0 Å². The van der Waals surface area contributed by atoms with Gasteiger partial charge in [-0.2, -0.15) is 5.26 Å². The van der Waals surface area contributed by atoms with E-state index >= 15 is 0 Å². The highest BCUT2D eigenvalue weighted by molar-refractivity contribution is 6.30. The van der Waals surface area contributed by atoms with Crippen molar-refractivity contribution >= 4 is 17.7 Å². The van der Waals surface area contributed by atoms with Crippen molar-refractivity contribution < 1.29 is 9.47 Å². The summed E-state index contributed by atoms with van der Waals surface area (Å²) in [6.45, 7) is 2.38. The lowest BCUT2D eigenvalue weighted by atomic mass is 10.2. The van der Waals surface area contributed by atoms with Gasteiger partial charge in [-0.1, -0.05) is 11.6 Å². The third-order valence-corrected chi connectivity index (χ3v) is 2.89. The van der Waals surface area contributed by atoms with Gasteiger partial charge in [0.25, 0.3) is 5.56 Å². The molecule has 2 rings (SSSR count). The lowest BCUT2D eigenvalue weighted by molar-refractivity contribution is 0.272. The van der Waals surface area contributed by atoms with Gasteiger partial charge in [-0.05, 0) is 37.3 Å². The van der Waals surface area contributed by atoms with Crippen molar-refractivity contribution in [3.05, 3.63) is 63.2 Å². The van der Waals surface area contributed by atoms with Gasteiger partial charge in [0.2, 0.25) is 0 Å². The maximum atomic E-state index is 12.0. The second-order valence-electron chi connectivity index (χ2n) is 4.24. The molecule has 0 aliphatic carbocycles. The molecule has 2 aromatic rings. The number of nitrogens with one attached hydrogen (secondary N) is 1. The topological polar surface area (TPSA) is 75.1 Å². The van der Waals surface area contributed by atoms with E-state index in [0.717, 1.165) is 0 Å². The van der Waals surface area contributed by atoms with Crippen LogP contribution >= 0.6 is 11.6 Å². The van der Waals surface area contributed by atoms with Crippen molar-refractivity contribution in [2.24, 2.45) is 0 Å². The second-order valence-corrected chi connectivity index (χ2v) is 4.68. The first-order valence-corrected chi connectivity index (χ1v) is 6.90. The van der Waals surface area contributed by atoms with Gasteiger partial charge in [0.1, 0.15) is 5.75 Å². The third kappa shape index (κ3) is 3.90. The number of hydrogen-bond acceptors (Lipinski definition) is 4. The molecule has 0 spiro atoms. The van der Waals surface area contributed by atoms with Crippen molar-refractivity contribution in [3.8, 4) is 17.6 Å². The predicted molar refractivity (Wildman–Crippen MR) is 84.0 cm³/mol. The van der Waals surface area contributed by atoms with Crippen molar-refractivity contribution in [1.82, 2.24) is 4.98 Å². The van der Waals surface area contributed by atoms with Crippen LogP contribution < -0.4 is 10.3 Å². The van der Waals surface area contributed by atoms with Crippen molar-refractivity contribution in [1.29, 1.82) is 5.26 Å². The fourth-order valence-corrected chi connectivity index (χ4v) is 1.96. The SMILES string of the molecule is CCOC=Cc1cc[nH]c(=O)c1Oc1cc(Cl)cc(C#N)c1. The Morgan fingerprint density at radius 3 is 2.95 bits per heavy atom. The molecule has 1 N–H and O–H groups in total. The van der Waals surface area contributed by atoms with Gasteiger partial charge in [0, 0.05) is 16.8 Å². The van der Waals surface area contributed by atoms with Gasteiger partial charge in [-0.25, -0.2) is 0 Å². The van der Waals surface area contributed by atoms with Crippen LogP contribution in [0.25, 0.3) is 6.08 Å². The van der Waals surface area contributed by atoms with E-state index in [2.05, 4.69) is 4.98 Å². The molecule has 0 saturated heterocycles. The number of benzene rings is 1. The number of halogens is 1. The first-order chi connectivity index (χ1) is 10.6. The van der Waals surface area contributed by atoms with Crippen molar-refractivity contribution in [2.75, 3.05) is 6.61 Å². The van der Waals surface area contributed by atoms with Gasteiger partial charge in [0.15, 0.2) is 5.75 Å². The van der Waals surface area contributed by atoms with Gasteiger partial charge >= 0.3 is 0 Å². The standard InChI is InChI=1S/C16H13ClN2O3/c1-2-21-6-4-12-3-5-19-16(20)15(12)22-14-8-11(10-18)7-13(17)9-14/h3-9H,2H2,1H3,(H,19,20). The Kier molecular flexibility index (Phi) is 5.23. The molecule has 5 nitrogen and oxygen atoms in total. The van der Waals surface area contributed by atoms with Gasteiger partial charge < -0.3 is 14.5 Å². The summed E-state index contributed by atoms with van der Waals surface area (Å²) in [6.07, 6.45) is 4.63. The van der Waals surface area contributed by atoms with Crippen LogP contribution in [0.5, 0.6) is 11.5 Å². The van der Waals surface area contributed by atoms with Crippen molar-refractivity contribution in [2.45, 2.75) is 6.92 Å². The summed E-state index contributed by atoms with van der Waals surface area (Å²) in [5.41, 5.74) is 0.508. The van der Waals surface area contributed by atoms with Crippen molar-refractivity contribution in [3.63, 3.8) is 0 Å². The highest BCUT2D eigenvalue weighted by Crippen LogP contribution is 2.26. The molecule has 0 amide bonds. The minimum absolute atomic E-state index is 0.101. The van der Waals surface area contributed by atoms with E-state index in [1.807, 2.05) is 13.0 Å². The average molecular weight is 317 g/mol. The number of H-pyrrole nitrogens is 1. The molecule has 0 radical (unpaired) electrons. The average Bonchev–Trinajstić information content (AvgIpc) is 2.50. The van der Waals surface area contributed by atoms with Crippen LogP contribution in [0.2, 0.25) is 5.02 Å². The Balaban J connectivity index is 2.39. The van der Waals surface area contributed by atoms with Crippen LogP contribution in [-0.4, -0.2) is 11.6 Å². The Labute approximate surface area is 132 Å². The summed E-state index contributed by atoms with van der Waals surface area (Å²) in [5, 5.41) is 9.30. The fourth-order valence-electron chi connectivity index (χ4n) is 1.74. The Morgan fingerprint density at radius 1 is 1.41 bits per heavy atom. The van der Waals surface area contributed by atoms with Crippen LogP contribution in [-0.2, 0) is 4.74 Å². The summed E-state index contributed by atoms with van der Waals surface area (Å²) in [5.74, 6) is 0.413. The molecule has 1 aromatic heterocycles. The molecule has 0 aliphatic rings. The molecular formula is C16H13ClN2O3. The summed E-state index contributed by atoms with van der Waals surface area (Å²) >= 11 is 5.93. The van der Waals surface area contributed by atoms with E-state index in [1.54, 1.807) is 12.1 Å². The number of aromatic nitrogens is 1. The van der Waals surface area contributed by atoms with Crippen LogP contribution in [0, 0.1) is 11.3 Å². The molecule has 0 bridgehead atoms. The lowest BCUT2D eigenvalue weighted by Crippen LogP contribution is -2.09. The molecule has 1 aromatic carbocycles. The van der Waals surface area contributed by atoms with E-state index < -0.39 is 5.56 Å². The monoisotopic (exact) mass is 316 g/mol. The highest BCUT2D eigenvalue weighted by Gasteiger charge is 2.09. The number of nitrogens with zero attached hydrogens (tertiary/aromatic N) is 1. The normalized spacial score (nSPS) is 10.4. The van der Waals surface area contributed by atoms with E-state index in [-0.39, 0.29) is 5.75 Å². The quantitative estimate of drug-likeness (QED) is 0.853. The molecule has 0 saturated carbocycles. The molecule has 0 fully saturated rings. The number of rotatable bonds is 5. The van der Waals surface area contributed by atoms with E-state index in [0.29, 0.717) is 28.5 Å². The van der Waals surface area contributed by atoms with Gasteiger partial charge in [0.05, 0.1) is 24.5 Å². The highest BCUT2D eigenvalue weighted by atomic mass is 35.5. The second kappa shape index (κ2) is 7.34. The molecular weight excluding hydrogens is 304 g/mol. The molecule has 0 atom stereocenters. The minimum atomic E-state index is -0.392. The summed E-state index contributed by atoms with van der Waals surface area (Å²) < 4.78 is 10.7. The first kappa shape index (κ1) is 15.7. The van der Waals surface area contributed by atoms with Crippen LogP contribution in [0.3, 0.4) is 0 Å². The Morgan fingerprint density at radius 2 is 2.23 bits per heavy atom. The fraction of sp³-hybridized carbons (Fsp3) is 0.125. The zero-order valence-electron chi connectivity index (χ0n) is 11.8. The zero-order valence-corrected chi connectivity index (χ0v) is 12.6. The molecule has 22 heavy (non-hydrogen) atoms. The maximum Gasteiger partial charge on any atom is 0.291 e. The first-order valence-electron chi connectivity index (χ1n) is 6.52. The molecule has 6 heteroatoms. The van der Waals surface area contributed by atoms with E-state index in [9.17, 15) is 4.79 Å². The van der Waals surface area contributed by atoms with Crippen LogP contribution in [0.4, 0.5) is 0 Å². The third-order valence-electron chi connectivity index (χ3n) is 2.68. The lowest BCUT2D eigenvalue weighted by Gasteiger charge is -2.08. The smallest absolute Gasteiger partial charge is 0.291 e. The predicted octanol–water partition coefficient (Wildman–Crippen LogP) is 3.70. The number of hydrogen-bond donors (Lipinski definition) is 1. The largest absolute Gasteiger partial charge is 0.501 e. The summed E-state index contributed by atoms with van der Waals surface area (Å²) in [7, 11) is 0. The number of ether oxygens (including phenoxy) is 2. The maximum absolute atomic E-state index is 12.0. The van der Waals surface area contributed by atoms with Crippen LogP contribution in [0.1, 0.15) is 18.1 Å². The Hall–Kier alpha value is -2.71. The molecule has 1 heterocycles. The summed E-state index contributed by atoms with van der Waals surface area (Å²) in [6, 6.07) is 8.22. The number of pyridine rings is 1. The summed E-state index contributed by atoms with van der Waals surface area (Å²) in [4.78, 5) is 14.5. The Bertz CT molecular complexity index is 791. The van der Waals surface area contributed by atoms with Gasteiger partial charge in [-0.3, -0.25) is 4.79 Å². The van der Waals surface area contributed by atoms with E-state index in [1.165, 1.54) is 30.7 Å². The molecule has 0 aliphatic heterocycles.